The van der Waals surface area contributed by atoms with E-state index in [0.29, 0.717) is 40.5 Å². The molecule has 5 aromatic rings. The summed E-state index contributed by atoms with van der Waals surface area (Å²) in [6, 6.07) is 17.2. The summed E-state index contributed by atoms with van der Waals surface area (Å²) in [6.45, 7) is -0.112. The molecule has 19 nitrogen and oxygen atoms in total. The van der Waals surface area contributed by atoms with E-state index in [2.05, 4.69) is 44.5 Å². The Hall–Kier alpha value is -4.50. The van der Waals surface area contributed by atoms with E-state index in [1.807, 2.05) is 0 Å². The fourth-order valence-electron chi connectivity index (χ4n) is 4.53. The maximum atomic E-state index is 12.1. The van der Waals surface area contributed by atoms with Crippen LogP contribution in [0.25, 0.3) is 21.5 Å². The van der Waals surface area contributed by atoms with Gasteiger partial charge in [-0.05, 0) is 65.4 Å². The summed E-state index contributed by atoms with van der Waals surface area (Å²) in [5.74, 6) is -1.33. The van der Waals surface area contributed by atoms with Gasteiger partial charge in [0.25, 0.3) is 20.2 Å². The molecule has 0 unspecified atom stereocenters. The van der Waals surface area contributed by atoms with Crippen molar-refractivity contribution in [2.24, 2.45) is 20.5 Å². The Labute approximate surface area is 295 Å². The number of nitrogens with one attached hydrogen (secondary N) is 1. The maximum Gasteiger partial charge on any atom is 0.295 e. The molecule has 0 aliphatic heterocycles. The molecule has 0 saturated carbocycles. The number of azo groups is 2. The highest BCUT2D eigenvalue weighted by Crippen LogP contribution is 2.45. The van der Waals surface area contributed by atoms with Crippen molar-refractivity contribution in [3.8, 4) is 11.5 Å². The van der Waals surface area contributed by atoms with Crippen molar-refractivity contribution in [3.63, 3.8) is 0 Å². The van der Waals surface area contributed by atoms with E-state index >= 15 is 0 Å². The number of phenolic OH excluding ortho intramolecular Hbond substituents is 2. The predicted molar refractivity (Wildman–Crippen MR) is 182 cm³/mol. The Morgan fingerprint density at radius 3 is 2.06 bits per heavy atom. The van der Waals surface area contributed by atoms with E-state index in [0.717, 1.165) is 6.07 Å². The van der Waals surface area contributed by atoms with Crippen molar-refractivity contribution in [3.05, 3.63) is 72.8 Å². The van der Waals surface area contributed by atoms with Gasteiger partial charge in [-0.3, -0.25) is 9.11 Å². The molecule has 5 aromatic carbocycles. The van der Waals surface area contributed by atoms with Gasteiger partial charge in [0.1, 0.15) is 22.0 Å². The van der Waals surface area contributed by atoms with Crippen molar-refractivity contribution in [1.29, 1.82) is 0 Å². The summed E-state index contributed by atoms with van der Waals surface area (Å²) in [7, 11) is -8.89. The lowest BCUT2D eigenvalue weighted by atomic mass is 10.1. The van der Waals surface area contributed by atoms with Crippen molar-refractivity contribution in [1.82, 2.24) is 0 Å². The zero-order valence-electron chi connectivity index (χ0n) is 25.2. The molecule has 7 N–H and O–H groups in total. The van der Waals surface area contributed by atoms with Crippen LogP contribution in [0.2, 0.25) is 0 Å². The highest BCUT2D eigenvalue weighted by molar-refractivity contribution is 7.95. The Kier molecular flexibility index (Phi) is 12.0. The standard InChI is InChI=1S/C28H23N5O14S4/c34-24-13-19(31-30-18-4-2-15-9-20(48-46-44-36)14-26(21(15)12-18)51(41,42)43)5-6-23(24)32-33-27-25(49-47-45-37)10-16-1-3-17(11-22(16)28(27)35)29-7-8-50(38,39)40/h1-6,9-14,29,34-37H,7-8H2,(H,38,39,40)(H,41,42,43). The number of hydrogen-bond acceptors (Lipinski definition) is 19. The van der Waals surface area contributed by atoms with Crippen LogP contribution in [0.4, 0.5) is 28.4 Å². The van der Waals surface area contributed by atoms with Crippen LogP contribution in [0.5, 0.6) is 11.5 Å². The first-order chi connectivity index (χ1) is 24.3. The number of hydrogen-bond donors (Lipinski definition) is 7. The molecule has 23 heteroatoms. The molecule has 0 heterocycles. The van der Waals surface area contributed by atoms with Gasteiger partial charge in [0, 0.05) is 34.0 Å². The summed E-state index contributed by atoms with van der Waals surface area (Å²) in [5, 5.41) is 66.3. The van der Waals surface area contributed by atoms with Gasteiger partial charge < -0.3 is 15.5 Å². The van der Waals surface area contributed by atoms with Crippen LogP contribution in [0.3, 0.4) is 0 Å². The van der Waals surface area contributed by atoms with Gasteiger partial charge in [0.15, 0.2) is 5.75 Å². The molecule has 0 fully saturated rings. The second-order valence-electron chi connectivity index (χ2n) is 10.0. The number of benzene rings is 5. The summed E-state index contributed by atoms with van der Waals surface area (Å²) in [4.78, 5) is -0.122. The van der Waals surface area contributed by atoms with Gasteiger partial charge in [-0.2, -0.15) is 27.1 Å². The molecule has 0 saturated heterocycles. The number of fused-ring (bicyclic) bond motifs is 2. The average molecular weight is 782 g/mol. The first kappa shape index (κ1) is 37.7. The third-order valence-electron chi connectivity index (χ3n) is 6.71. The number of rotatable bonds is 15. The minimum atomic E-state index is -4.69. The minimum Gasteiger partial charge on any atom is -0.506 e. The van der Waals surface area contributed by atoms with Crippen LogP contribution in [0, 0.1) is 0 Å². The summed E-state index contributed by atoms with van der Waals surface area (Å²) in [5.41, 5.74) is 0.550. The maximum absolute atomic E-state index is 12.1. The molecule has 0 radical (unpaired) electrons. The monoisotopic (exact) mass is 781 g/mol. The molecular weight excluding hydrogens is 759 g/mol. The number of nitrogens with zero attached hydrogens (tertiary/aromatic N) is 4. The summed E-state index contributed by atoms with van der Waals surface area (Å²) in [6.07, 6.45) is 0. The molecule has 0 aliphatic rings. The summed E-state index contributed by atoms with van der Waals surface area (Å²) < 4.78 is 73.8. The van der Waals surface area contributed by atoms with Gasteiger partial charge in [0.2, 0.25) is 0 Å². The third-order valence-corrected chi connectivity index (χ3v) is 9.50. The van der Waals surface area contributed by atoms with E-state index in [1.165, 1.54) is 54.6 Å². The second-order valence-corrected chi connectivity index (χ2v) is 14.5. The molecule has 0 spiro atoms. The zero-order valence-corrected chi connectivity index (χ0v) is 28.5. The smallest absolute Gasteiger partial charge is 0.295 e. The van der Waals surface area contributed by atoms with E-state index in [9.17, 15) is 31.6 Å². The van der Waals surface area contributed by atoms with Crippen LogP contribution in [-0.2, 0) is 39.0 Å². The first-order valence-electron chi connectivity index (χ1n) is 13.8. The second kappa shape index (κ2) is 16.2. The summed E-state index contributed by atoms with van der Waals surface area (Å²) >= 11 is 1.00. The number of phenols is 2. The van der Waals surface area contributed by atoms with E-state index in [4.69, 9.17) is 15.1 Å². The van der Waals surface area contributed by atoms with Crippen LogP contribution in [-0.4, -0.2) is 59.0 Å². The molecule has 0 atom stereocenters. The van der Waals surface area contributed by atoms with E-state index in [-0.39, 0.29) is 49.9 Å². The highest BCUT2D eigenvalue weighted by atomic mass is 32.2. The van der Waals surface area contributed by atoms with E-state index < -0.39 is 42.4 Å². The number of anilines is 1. The normalized spacial score (nSPS) is 12.5. The predicted octanol–water partition coefficient (Wildman–Crippen LogP) is 7.64. The van der Waals surface area contributed by atoms with Crippen LogP contribution < -0.4 is 5.32 Å². The fraction of sp³-hybridized carbons (Fsp3) is 0.0714. The number of aromatic hydroxyl groups is 2. The molecule has 0 aromatic heterocycles. The van der Waals surface area contributed by atoms with Gasteiger partial charge >= 0.3 is 0 Å². The molecule has 0 bridgehead atoms. The lowest BCUT2D eigenvalue weighted by Gasteiger charge is -2.11. The Morgan fingerprint density at radius 1 is 0.706 bits per heavy atom. The molecule has 0 aliphatic carbocycles. The lowest BCUT2D eigenvalue weighted by molar-refractivity contribution is -0.432. The lowest BCUT2D eigenvalue weighted by Crippen LogP contribution is -2.14. The minimum absolute atomic E-state index is 0.0582. The van der Waals surface area contributed by atoms with Gasteiger partial charge in [-0.25, -0.2) is 10.5 Å². The van der Waals surface area contributed by atoms with Crippen molar-refractivity contribution in [2.75, 3.05) is 17.6 Å². The van der Waals surface area contributed by atoms with Gasteiger partial charge in [-0.15, -0.1) is 18.9 Å². The SMILES string of the molecule is O=S(=O)(O)CCNc1ccc2cc(SOOO)c(N=Nc3ccc(N=Nc4ccc5cc(SOOO)cc(S(=O)(=O)O)c5c4)cc3O)c(O)c2c1. The Morgan fingerprint density at radius 2 is 1.37 bits per heavy atom. The fourth-order valence-corrected chi connectivity index (χ4v) is 6.64. The quantitative estimate of drug-likeness (QED) is 0.0176. The molecule has 268 valence electrons. The molecule has 5 rings (SSSR count). The molecular formula is C28H23N5O14S4. The van der Waals surface area contributed by atoms with Crippen molar-refractivity contribution >= 4 is 94.3 Å². The average Bonchev–Trinajstić information content (AvgIpc) is 3.08. The Bertz CT molecular complexity index is 2380. The van der Waals surface area contributed by atoms with E-state index in [1.54, 1.807) is 12.1 Å². The largest absolute Gasteiger partial charge is 0.506 e. The van der Waals surface area contributed by atoms with Crippen LogP contribution in [0.15, 0.2) is 108 Å². The third kappa shape index (κ3) is 9.85. The van der Waals surface area contributed by atoms with Crippen molar-refractivity contribution < 1.29 is 65.4 Å². The zero-order chi connectivity index (χ0) is 36.8. The van der Waals surface area contributed by atoms with Gasteiger partial charge in [0.05, 0.1) is 46.1 Å². The molecule has 51 heavy (non-hydrogen) atoms. The van der Waals surface area contributed by atoms with Crippen molar-refractivity contribution in [2.45, 2.75) is 14.7 Å². The van der Waals surface area contributed by atoms with Crippen LogP contribution >= 0.6 is 24.1 Å². The Balaban J connectivity index is 1.41. The highest BCUT2D eigenvalue weighted by Gasteiger charge is 2.18. The molecule has 0 amide bonds. The van der Waals surface area contributed by atoms with Crippen LogP contribution in [0.1, 0.15) is 0 Å². The topological polar surface area (TPSA) is 288 Å². The van der Waals surface area contributed by atoms with Gasteiger partial charge in [-0.1, -0.05) is 22.2 Å². The first-order valence-corrected chi connectivity index (χ1v) is 18.3.